The molecule has 0 saturated carbocycles. The number of halogens is 1. The Hall–Kier alpha value is -3.43. The van der Waals surface area contributed by atoms with E-state index in [0.29, 0.717) is 17.0 Å². The Kier molecular flexibility index (Phi) is 5.38. The molecule has 31 heavy (non-hydrogen) atoms. The number of nitrogens with zero attached hydrogens (tertiary/aromatic N) is 2. The first kappa shape index (κ1) is 20.8. The van der Waals surface area contributed by atoms with E-state index in [0.717, 1.165) is 24.1 Å². The summed E-state index contributed by atoms with van der Waals surface area (Å²) >= 11 is 5.97. The van der Waals surface area contributed by atoms with Gasteiger partial charge in [-0.3, -0.25) is 14.8 Å². The Morgan fingerprint density at radius 2 is 1.84 bits per heavy atom. The second kappa shape index (κ2) is 8.01. The Morgan fingerprint density at radius 1 is 1.10 bits per heavy atom. The van der Waals surface area contributed by atoms with Gasteiger partial charge < -0.3 is 4.42 Å². The molecule has 0 spiro atoms. The van der Waals surface area contributed by atoms with E-state index >= 15 is 0 Å². The van der Waals surface area contributed by atoms with Gasteiger partial charge in [-0.2, -0.15) is 0 Å². The maximum absolute atomic E-state index is 12.8. The number of nitro groups is 1. The van der Waals surface area contributed by atoms with Gasteiger partial charge in [0, 0.05) is 17.7 Å². The molecule has 3 aromatic carbocycles. The van der Waals surface area contributed by atoms with Crippen molar-refractivity contribution in [2.75, 3.05) is 4.72 Å². The normalized spacial score (nSPS) is 11.5. The molecule has 0 aliphatic heterocycles. The number of non-ortho nitro benzene ring substituents is 1. The topological polar surface area (TPSA) is 115 Å². The monoisotopic (exact) mass is 457 g/mol. The van der Waals surface area contributed by atoms with Crippen molar-refractivity contribution in [1.82, 2.24) is 4.98 Å². The number of oxazole rings is 1. The van der Waals surface area contributed by atoms with Crippen LogP contribution in [0, 0.1) is 10.1 Å². The molecule has 0 unspecified atom stereocenters. The molecule has 0 bridgehead atoms. The second-order valence-corrected chi connectivity index (χ2v) is 8.79. The van der Waals surface area contributed by atoms with Gasteiger partial charge in [-0.15, -0.1) is 0 Å². The lowest BCUT2D eigenvalue weighted by Gasteiger charge is -2.09. The number of hydrogen-bond donors (Lipinski definition) is 1. The van der Waals surface area contributed by atoms with Gasteiger partial charge in [-0.05, 0) is 48.4 Å². The van der Waals surface area contributed by atoms with Crippen molar-refractivity contribution in [3.63, 3.8) is 0 Å². The van der Waals surface area contributed by atoms with E-state index in [4.69, 9.17) is 16.0 Å². The maximum Gasteiger partial charge on any atom is 0.270 e. The largest absolute Gasteiger partial charge is 0.436 e. The van der Waals surface area contributed by atoms with Crippen molar-refractivity contribution < 1.29 is 17.8 Å². The van der Waals surface area contributed by atoms with Gasteiger partial charge in [0.25, 0.3) is 15.7 Å². The van der Waals surface area contributed by atoms with Crippen LogP contribution in [-0.4, -0.2) is 18.3 Å². The molecule has 1 heterocycles. The number of fused-ring (bicyclic) bond motifs is 1. The first-order chi connectivity index (χ1) is 14.8. The standard InChI is InChI=1S/C21H16ClN3O5S/c1-2-13-3-5-14(6-4-13)21-23-18-11-15(7-10-19(18)30-21)24-31(28,29)20-12-16(25(26)27)8-9-17(20)22/h3-12,24H,2H2,1H3. The summed E-state index contributed by atoms with van der Waals surface area (Å²) in [5.74, 6) is 0.416. The lowest BCUT2D eigenvalue weighted by molar-refractivity contribution is -0.385. The number of aryl methyl sites for hydroxylation is 1. The molecule has 4 aromatic rings. The van der Waals surface area contributed by atoms with E-state index in [9.17, 15) is 18.5 Å². The molecular formula is C21H16ClN3O5S. The second-order valence-electron chi connectivity index (χ2n) is 6.73. The average Bonchev–Trinajstić information content (AvgIpc) is 3.17. The van der Waals surface area contributed by atoms with Crippen LogP contribution in [0.4, 0.5) is 11.4 Å². The number of rotatable bonds is 6. The Morgan fingerprint density at radius 3 is 2.52 bits per heavy atom. The highest BCUT2D eigenvalue weighted by atomic mass is 35.5. The van der Waals surface area contributed by atoms with E-state index in [1.807, 2.05) is 24.3 Å². The predicted molar refractivity (Wildman–Crippen MR) is 118 cm³/mol. The molecule has 0 fully saturated rings. The van der Waals surface area contributed by atoms with Crippen molar-refractivity contribution in [3.05, 3.63) is 81.4 Å². The summed E-state index contributed by atoms with van der Waals surface area (Å²) < 4.78 is 33.7. The van der Waals surface area contributed by atoms with E-state index < -0.39 is 14.9 Å². The van der Waals surface area contributed by atoms with Crippen LogP contribution < -0.4 is 4.72 Å². The fraction of sp³-hybridized carbons (Fsp3) is 0.0952. The molecule has 0 radical (unpaired) electrons. The zero-order valence-corrected chi connectivity index (χ0v) is 17.8. The minimum atomic E-state index is -4.17. The number of sulfonamides is 1. The fourth-order valence-electron chi connectivity index (χ4n) is 3.02. The van der Waals surface area contributed by atoms with Crippen LogP contribution >= 0.6 is 11.6 Å². The number of hydrogen-bond acceptors (Lipinski definition) is 6. The molecule has 1 aromatic heterocycles. The average molecular weight is 458 g/mol. The van der Waals surface area contributed by atoms with Crippen LogP contribution in [0.2, 0.25) is 5.02 Å². The Bertz CT molecular complexity index is 1400. The van der Waals surface area contributed by atoms with Crippen molar-refractivity contribution in [1.29, 1.82) is 0 Å². The van der Waals surface area contributed by atoms with Crippen LogP contribution in [0.1, 0.15) is 12.5 Å². The number of nitro benzene ring substituents is 1. The highest BCUT2D eigenvalue weighted by Gasteiger charge is 2.22. The third-order valence-electron chi connectivity index (χ3n) is 4.66. The summed E-state index contributed by atoms with van der Waals surface area (Å²) in [5.41, 5.74) is 2.78. The van der Waals surface area contributed by atoms with E-state index in [2.05, 4.69) is 16.6 Å². The van der Waals surface area contributed by atoms with Gasteiger partial charge in [-0.25, -0.2) is 13.4 Å². The first-order valence-electron chi connectivity index (χ1n) is 9.23. The quantitative estimate of drug-likeness (QED) is 0.305. The number of benzene rings is 3. The smallest absolute Gasteiger partial charge is 0.270 e. The van der Waals surface area contributed by atoms with Crippen LogP contribution in [0.5, 0.6) is 0 Å². The van der Waals surface area contributed by atoms with Gasteiger partial charge >= 0.3 is 0 Å². The summed E-state index contributed by atoms with van der Waals surface area (Å²) in [5, 5.41) is 10.9. The summed E-state index contributed by atoms with van der Waals surface area (Å²) in [6, 6.07) is 15.7. The summed E-state index contributed by atoms with van der Waals surface area (Å²) in [7, 11) is -4.17. The highest BCUT2D eigenvalue weighted by Crippen LogP contribution is 2.30. The molecule has 0 atom stereocenters. The fourth-order valence-corrected chi connectivity index (χ4v) is 4.59. The van der Waals surface area contributed by atoms with Crippen LogP contribution in [-0.2, 0) is 16.4 Å². The molecule has 4 rings (SSSR count). The van der Waals surface area contributed by atoms with E-state index in [1.54, 1.807) is 6.07 Å². The molecule has 10 heteroatoms. The number of anilines is 1. The first-order valence-corrected chi connectivity index (χ1v) is 11.1. The molecular weight excluding hydrogens is 442 g/mol. The van der Waals surface area contributed by atoms with Crippen molar-refractivity contribution in [2.24, 2.45) is 0 Å². The molecule has 158 valence electrons. The van der Waals surface area contributed by atoms with Crippen molar-refractivity contribution in [2.45, 2.75) is 18.2 Å². The van der Waals surface area contributed by atoms with Gasteiger partial charge in [0.1, 0.15) is 10.4 Å². The molecule has 0 saturated heterocycles. The third-order valence-corrected chi connectivity index (χ3v) is 6.53. The zero-order chi connectivity index (χ0) is 22.2. The minimum Gasteiger partial charge on any atom is -0.436 e. The van der Waals surface area contributed by atoms with Crippen LogP contribution in [0.25, 0.3) is 22.6 Å². The van der Waals surface area contributed by atoms with Gasteiger partial charge in [-0.1, -0.05) is 30.7 Å². The number of nitrogens with one attached hydrogen (secondary N) is 1. The van der Waals surface area contributed by atoms with E-state index in [-0.39, 0.29) is 21.3 Å². The van der Waals surface area contributed by atoms with Crippen molar-refractivity contribution >= 4 is 44.1 Å². The summed E-state index contributed by atoms with van der Waals surface area (Å²) in [6.45, 7) is 2.07. The van der Waals surface area contributed by atoms with Crippen LogP contribution in [0.3, 0.4) is 0 Å². The minimum absolute atomic E-state index is 0.126. The molecule has 0 aliphatic carbocycles. The van der Waals surface area contributed by atoms with E-state index in [1.165, 1.54) is 23.8 Å². The molecule has 0 amide bonds. The van der Waals surface area contributed by atoms with Crippen molar-refractivity contribution in [3.8, 4) is 11.5 Å². The lowest BCUT2D eigenvalue weighted by atomic mass is 10.1. The van der Waals surface area contributed by atoms with Gasteiger partial charge in [0.2, 0.25) is 5.89 Å². The van der Waals surface area contributed by atoms with Gasteiger partial charge in [0.05, 0.1) is 15.6 Å². The predicted octanol–water partition coefficient (Wildman–Crippen LogP) is 5.42. The van der Waals surface area contributed by atoms with Gasteiger partial charge in [0.15, 0.2) is 5.58 Å². The number of aromatic nitrogens is 1. The molecule has 1 N–H and O–H groups in total. The lowest BCUT2D eigenvalue weighted by Crippen LogP contribution is -2.13. The summed E-state index contributed by atoms with van der Waals surface area (Å²) in [6.07, 6.45) is 0.923. The zero-order valence-electron chi connectivity index (χ0n) is 16.2. The Labute approximate surface area is 182 Å². The third kappa shape index (κ3) is 4.23. The molecule has 0 aliphatic rings. The highest BCUT2D eigenvalue weighted by molar-refractivity contribution is 7.92. The molecule has 8 nitrogen and oxygen atoms in total. The summed E-state index contributed by atoms with van der Waals surface area (Å²) in [4.78, 5) is 14.3. The Balaban J connectivity index is 1.66. The maximum atomic E-state index is 12.8. The van der Waals surface area contributed by atoms with Crippen LogP contribution in [0.15, 0.2) is 70.0 Å². The SMILES string of the molecule is CCc1ccc(-c2nc3cc(NS(=O)(=O)c4cc([N+](=O)[O-])ccc4Cl)ccc3o2)cc1.